The predicted molar refractivity (Wildman–Crippen MR) is 45.2 cm³/mol. The first-order valence-electron chi connectivity index (χ1n) is 4.73. The van der Waals surface area contributed by atoms with Gasteiger partial charge in [0.25, 0.3) is 0 Å². The van der Waals surface area contributed by atoms with Gasteiger partial charge in [-0.15, -0.1) is 0 Å². The second kappa shape index (κ2) is 3.48. The summed E-state index contributed by atoms with van der Waals surface area (Å²) in [5.41, 5.74) is 5.18. The highest BCUT2D eigenvalue weighted by Gasteiger charge is 2.47. The number of nitrogens with two attached hydrogens (primary N) is 1. The maximum Gasteiger partial charge on any atom is 0.391 e. The minimum Gasteiger partial charge on any atom is -0.325 e. The molecule has 0 spiro atoms. The molecule has 0 amide bonds. The summed E-state index contributed by atoms with van der Waals surface area (Å²) in [5, 5.41) is 0. The number of hydrogen-bond donors (Lipinski definition) is 1. The third kappa shape index (κ3) is 3.18. The minimum atomic E-state index is -4.06. The summed E-state index contributed by atoms with van der Waals surface area (Å²) in [7, 11) is 0. The van der Waals surface area contributed by atoms with Crippen molar-refractivity contribution in [3.05, 3.63) is 0 Å². The van der Waals surface area contributed by atoms with Crippen LogP contribution in [0.15, 0.2) is 0 Å². The van der Waals surface area contributed by atoms with Crippen LogP contribution < -0.4 is 5.73 Å². The second-order valence-electron chi connectivity index (χ2n) is 4.09. The molecule has 0 aromatic rings. The lowest BCUT2D eigenvalue weighted by Crippen LogP contribution is -2.32. The first kappa shape index (κ1) is 10.8. The largest absolute Gasteiger partial charge is 0.391 e. The van der Waals surface area contributed by atoms with Crippen LogP contribution in [0.5, 0.6) is 0 Å². The Hall–Kier alpha value is -0.250. The van der Waals surface area contributed by atoms with Gasteiger partial charge < -0.3 is 5.73 Å². The van der Waals surface area contributed by atoms with Crippen LogP contribution in [0.4, 0.5) is 13.2 Å². The third-order valence-electron chi connectivity index (χ3n) is 2.65. The summed E-state index contributed by atoms with van der Waals surface area (Å²) in [6.45, 7) is 1.77. The Labute approximate surface area is 76.5 Å². The molecular formula is C9H16F3N. The van der Waals surface area contributed by atoms with E-state index in [1.807, 2.05) is 0 Å². The zero-order valence-corrected chi connectivity index (χ0v) is 7.82. The molecule has 78 valence electrons. The molecule has 1 rings (SSSR count). The Morgan fingerprint density at radius 1 is 1.38 bits per heavy atom. The Balaban J connectivity index is 2.47. The van der Waals surface area contributed by atoms with E-state index in [1.165, 1.54) is 0 Å². The zero-order valence-electron chi connectivity index (χ0n) is 7.82. The van der Waals surface area contributed by atoms with Crippen LogP contribution in [0, 0.1) is 5.92 Å². The van der Waals surface area contributed by atoms with Crippen LogP contribution in [-0.4, -0.2) is 11.7 Å². The first-order valence-corrected chi connectivity index (χ1v) is 4.73. The molecule has 0 aromatic carbocycles. The molecule has 13 heavy (non-hydrogen) atoms. The van der Waals surface area contributed by atoms with Gasteiger partial charge in [0.2, 0.25) is 0 Å². The van der Waals surface area contributed by atoms with Crippen molar-refractivity contribution >= 4 is 0 Å². The van der Waals surface area contributed by atoms with Gasteiger partial charge in [0.1, 0.15) is 0 Å². The quantitative estimate of drug-likeness (QED) is 0.733. The number of hydrogen-bond acceptors (Lipinski definition) is 1. The highest BCUT2D eigenvalue weighted by molar-refractivity contribution is 5.00. The van der Waals surface area contributed by atoms with E-state index in [0.29, 0.717) is 6.42 Å². The molecule has 4 heteroatoms. The smallest absolute Gasteiger partial charge is 0.325 e. The highest BCUT2D eigenvalue weighted by Crippen LogP contribution is 2.44. The molecule has 0 aromatic heterocycles. The van der Waals surface area contributed by atoms with Crippen molar-refractivity contribution in [2.24, 2.45) is 11.7 Å². The van der Waals surface area contributed by atoms with Crippen LogP contribution >= 0.6 is 0 Å². The van der Waals surface area contributed by atoms with Gasteiger partial charge >= 0.3 is 6.18 Å². The summed E-state index contributed by atoms with van der Waals surface area (Å²) in [6.07, 6.45) is -1.66. The predicted octanol–water partition coefficient (Wildman–Crippen LogP) is 2.85. The van der Waals surface area contributed by atoms with Crippen LogP contribution in [0.25, 0.3) is 0 Å². The van der Waals surface area contributed by atoms with Gasteiger partial charge in [-0.25, -0.2) is 0 Å². The number of halogens is 3. The Kier molecular flexibility index (Phi) is 2.90. The second-order valence-corrected chi connectivity index (χ2v) is 4.09. The first-order chi connectivity index (χ1) is 5.87. The monoisotopic (exact) mass is 195 g/mol. The van der Waals surface area contributed by atoms with Crippen molar-refractivity contribution in [1.82, 2.24) is 0 Å². The van der Waals surface area contributed by atoms with Crippen molar-refractivity contribution in [3.8, 4) is 0 Å². The topological polar surface area (TPSA) is 26.0 Å². The molecular weight excluding hydrogens is 179 g/mol. The van der Waals surface area contributed by atoms with Gasteiger partial charge in [-0.2, -0.15) is 13.2 Å². The molecule has 0 radical (unpaired) electrons. The SMILES string of the molecule is CCCC(CC1(N)CC1)C(F)(F)F. The minimum absolute atomic E-state index is 0.115. The maximum atomic E-state index is 12.4. The van der Waals surface area contributed by atoms with Crippen LogP contribution in [0.3, 0.4) is 0 Å². The lowest BCUT2D eigenvalue weighted by atomic mass is 9.94. The van der Waals surface area contributed by atoms with E-state index in [1.54, 1.807) is 6.92 Å². The normalized spacial score (nSPS) is 22.8. The molecule has 2 N–H and O–H groups in total. The van der Waals surface area contributed by atoms with E-state index >= 15 is 0 Å². The Morgan fingerprint density at radius 2 is 1.92 bits per heavy atom. The fraction of sp³-hybridized carbons (Fsp3) is 1.00. The van der Waals surface area contributed by atoms with Crippen LogP contribution in [0.2, 0.25) is 0 Å². The highest BCUT2D eigenvalue weighted by atomic mass is 19.4. The summed E-state index contributed by atoms with van der Waals surface area (Å²) in [5.74, 6) is -1.19. The van der Waals surface area contributed by atoms with Crippen LogP contribution in [0.1, 0.15) is 39.0 Å². The van der Waals surface area contributed by atoms with Gasteiger partial charge in [0.15, 0.2) is 0 Å². The van der Waals surface area contributed by atoms with Crippen molar-refractivity contribution in [1.29, 1.82) is 0 Å². The lowest BCUT2D eigenvalue weighted by Gasteiger charge is -2.22. The van der Waals surface area contributed by atoms with Crippen molar-refractivity contribution in [3.63, 3.8) is 0 Å². The molecule has 0 bridgehead atoms. The Morgan fingerprint density at radius 3 is 2.23 bits per heavy atom. The van der Waals surface area contributed by atoms with Gasteiger partial charge in [0.05, 0.1) is 5.92 Å². The zero-order chi connectivity index (χ0) is 10.1. The van der Waals surface area contributed by atoms with Crippen molar-refractivity contribution in [2.45, 2.75) is 50.7 Å². The third-order valence-corrected chi connectivity index (χ3v) is 2.65. The Bertz CT molecular complexity index is 172. The van der Waals surface area contributed by atoms with Crippen LogP contribution in [-0.2, 0) is 0 Å². The van der Waals surface area contributed by atoms with E-state index < -0.39 is 17.6 Å². The molecule has 1 nitrogen and oxygen atoms in total. The molecule has 1 aliphatic carbocycles. The summed E-state index contributed by atoms with van der Waals surface area (Å²) in [6, 6.07) is 0. The summed E-state index contributed by atoms with van der Waals surface area (Å²) >= 11 is 0. The maximum absolute atomic E-state index is 12.4. The standard InChI is InChI=1S/C9H16F3N/c1-2-3-7(9(10,11)12)6-8(13)4-5-8/h7H,2-6,13H2,1H3. The van der Waals surface area contributed by atoms with E-state index in [0.717, 1.165) is 12.8 Å². The molecule has 1 aliphatic rings. The summed E-state index contributed by atoms with van der Waals surface area (Å²) < 4.78 is 37.2. The number of rotatable bonds is 4. The molecule has 1 unspecified atom stereocenters. The summed E-state index contributed by atoms with van der Waals surface area (Å²) in [4.78, 5) is 0. The average Bonchev–Trinajstić information content (AvgIpc) is 2.66. The number of alkyl halides is 3. The molecule has 1 saturated carbocycles. The van der Waals surface area contributed by atoms with Gasteiger partial charge in [-0.3, -0.25) is 0 Å². The van der Waals surface area contributed by atoms with E-state index in [4.69, 9.17) is 5.73 Å². The van der Waals surface area contributed by atoms with E-state index in [2.05, 4.69) is 0 Å². The van der Waals surface area contributed by atoms with Crippen molar-refractivity contribution in [2.75, 3.05) is 0 Å². The molecule has 1 fully saturated rings. The average molecular weight is 195 g/mol. The fourth-order valence-electron chi connectivity index (χ4n) is 1.59. The fourth-order valence-corrected chi connectivity index (χ4v) is 1.59. The molecule has 1 atom stereocenters. The molecule has 0 saturated heterocycles. The van der Waals surface area contributed by atoms with Gasteiger partial charge in [0, 0.05) is 5.54 Å². The molecule has 0 aliphatic heterocycles. The lowest BCUT2D eigenvalue weighted by molar-refractivity contribution is -0.179. The van der Waals surface area contributed by atoms with Crippen molar-refractivity contribution < 1.29 is 13.2 Å². The van der Waals surface area contributed by atoms with E-state index in [9.17, 15) is 13.2 Å². The van der Waals surface area contributed by atoms with E-state index in [-0.39, 0.29) is 12.8 Å². The van der Waals surface area contributed by atoms with Gasteiger partial charge in [-0.05, 0) is 25.7 Å². The molecule has 0 heterocycles. The van der Waals surface area contributed by atoms with Gasteiger partial charge in [-0.1, -0.05) is 13.3 Å².